The molecular formula is C26H36N6O3. The molecule has 2 aliphatic rings. The maximum Gasteiger partial charge on any atom is 0.330 e. The lowest BCUT2D eigenvalue weighted by atomic mass is 10.2. The lowest BCUT2D eigenvalue weighted by Gasteiger charge is -2.34. The highest BCUT2D eigenvalue weighted by Crippen LogP contribution is 2.32. The van der Waals surface area contributed by atoms with Gasteiger partial charge in [0.05, 0.1) is 19.4 Å². The average Bonchev–Trinajstić information content (AvgIpc) is 3.38. The summed E-state index contributed by atoms with van der Waals surface area (Å²) in [4.78, 5) is 25.8. The Morgan fingerprint density at radius 2 is 1.97 bits per heavy atom. The van der Waals surface area contributed by atoms with Crippen molar-refractivity contribution in [2.45, 2.75) is 38.6 Å². The van der Waals surface area contributed by atoms with Crippen molar-refractivity contribution in [1.29, 1.82) is 0 Å². The van der Waals surface area contributed by atoms with Crippen LogP contribution >= 0.6 is 0 Å². The Bertz CT molecular complexity index is 1030. The molecule has 35 heavy (non-hydrogen) atoms. The van der Waals surface area contributed by atoms with Gasteiger partial charge in [-0.1, -0.05) is 12.8 Å². The second kappa shape index (κ2) is 11.9. The molecule has 4 rings (SSSR count). The van der Waals surface area contributed by atoms with Gasteiger partial charge in [0.2, 0.25) is 5.95 Å². The minimum absolute atomic E-state index is 0.338. The highest BCUT2D eigenvalue weighted by atomic mass is 16.5. The molecule has 1 aromatic heterocycles. The van der Waals surface area contributed by atoms with Gasteiger partial charge in [0.15, 0.2) is 0 Å². The normalized spacial score (nSPS) is 17.1. The van der Waals surface area contributed by atoms with Gasteiger partial charge in [0, 0.05) is 61.8 Å². The van der Waals surface area contributed by atoms with Gasteiger partial charge in [-0.15, -0.1) is 0 Å². The van der Waals surface area contributed by atoms with Crippen molar-refractivity contribution in [2.24, 2.45) is 0 Å². The van der Waals surface area contributed by atoms with E-state index in [0.29, 0.717) is 24.4 Å². The van der Waals surface area contributed by atoms with Gasteiger partial charge in [0.25, 0.3) is 0 Å². The Hall–Kier alpha value is -3.33. The molecule has 1 aliphatic carbocycles. The molecule has 9 nitrogen and oxygen atoms in total. The Balaban J connectivity index is 1.54. The number of carbonyl (C=O) groups is 1. The molecule has 9 heteroatoms. The van der Waals surface area contributed by atoms with E-state index < -0.39 is 0 Å². The Morgan fingerprint density at radius 1 is 1.20 bits per heavy atom. The molecule has 0 amide bonds. The van der Waals surface area contributed by atoms with E-state index in [1.54, 1.807) is 26.3 Å². The van der Waals surface area contributed by atoms with Crippen molar-refractivity contribution in [3.05, 3.63) is 36.0 Å². The first-order valence-corrected chi connectivity index (χ1v) is 12.4. The standard InChI is InChI=1S/C26H36N6O3/c1-4-35-24(33)12-9-19-18-27-26(30-25(19)28-20-7-5-6-8-20)29-22-11-10-21(17-23(22)34-3)32-15-13-31(2)14-16-32/h9-12,17-18,20H,4-8,13-16H2,1-3H3,(H2,27,28,29,30). The fraction of sp³-hybridized carbons (Fsp3) is 0.500. The number of methoxy groups -OCH3 is 1. The van der Waals surface area contributed by atoms with Crippen LogP contribution in [0.5, 0.6) is 5.75 Å². The third-order valence-corrected chi connectivity index (χ3v) is 6.50. The lowest BCUT2D eigenvalue weighted by molar-refractivity contribution is -0.137. The third-order valence-electron chi connectivity index (χ3n) is 6.50. The van der Waals surface area contributed by atoms with E-state index in [1.807, 2.05) is 6.07 Å². The van der Waals surface area contributed by atoms with Crippen LogP contribution in [0, 0.1) is 0 Å². The number of hydrogen-bond acceptors (Lipinski definition) is 9. The van der Waals surface area contributed by atoms with E-state index in [4.69, 9.17) is 14.5 Å². The van der Waals surface area contributed by atoms with E-state index in [9.17, 15) is 4.79 Å². The van der Waals surface area contributed by atoms with Crippen LogP contribution in [0.3, 0.4) is 0 Å². The smallest absolute Gasteiger partial charge is 0.330 e. The quantitative estimate of drug-likeness (QED) is 0.409. The zero-order valence-corrected chi connectivity index (χ0v) is 20.9. The monoisotopic (exact) mass is 480 g/mol. The number of aromatic nitrogens is 2. The number of nitrogens with one attached hydrogen (secondary N) is 2. The van der Waals surface area contributed by atoms with E-state index in [2.05, 4.69) is 44.6 Å². The van der Waals surface area contributed by atoms with Crippen molar-refractivity contribution in [3.63, 3.8) is 0 Å². The molecule has 2 N–H and O–H groups in total. The number of anilines is 4. The average molecular weight is 481 g/mol. The molecule has 0 atom stereocenters. The fourth-order valence-corrected chi connectivity index (χ4v) is 4.47. The number of likely N-dealkylation sites (N-methyl/N-ethyl adjacent to an activating group) is 1. The van der Waals surface area contributed by atoms with Crippen molar-refractivity contribution < 1.29 is 14.3 Å². The molecule has 0 radical (unpaired) electrons. The molecule has 1 aromatic carbocycles. The topological polar surface area (TPSA) is 91.9 Å². The SMILES string of the molecule is CCOC(=O)C=Cc1cnc(Nc2ccc(N3CCN(C)CC3)cc2OC)nc1NC1CCCC1. The second-order valence-corrected chi connectivity index (χ2v) is 9.01. The van der Waals surface area contributed by atoms with Crippen molar-refractivity contribution in [3.8, 4) is 5.75 Å². The minimum atomic E-state index is -0.383. The first-order valence-electron chi connectivity index (χ1n) is 12.4. The largest absolute Gasteiger partial charge is 0.494 e. The van der Waals surface area contributed by atoms with Gasteiger partial charge in [-0.3, -0.25) is 0 Å². The highest BCUT2D eigenvalue weighted by molar-refractivity contribution is 5.88. The van der Waals surface area contributed by atoms with Crippen LogP contribution in [-0.4, -0.2) is 73.8 Å². The highest BCUT2D eigenvalue weighted by Gasteiger charge is 2.19. The molecule has 1 aliphatic heterocycles. The van der Waals surface area contributed by atoms with Crippen LogP contribution in [0.2, 0.25) is 0 Å². The summed E-state index contributed by atoms with van der Waals surface area (Å²) in [7, 11) is 3.82. The fourth-order valence-electron chi connectivity index (χ4n) is 4.47. The predicted octanol–water partition coefficient (Wildman–Crippen LogP) is 3.91. The second-order valence-electron chi connectivity index (χ2n) is 9.01. The van der Waals surface area contributed by atoms with Crippen LogP contribution in [0.4, 0.5) is 23.1 Å². The number of benzene rings is 1. The number of rotatable bonds is 9. The van der Waals surface area contributed by atoms with Crippen LogP contribution in [0.25, 0.3) is 6.08 Å². The van der Waals surface area contributed by atoms with Gasteiger partial charge in [-0.2, -0.15) is 4.98 Å². The number of nitrogens with zero attached hydrogens (tertiary/aromatic N) is 4. The van der Waals surface area contributed by atoms with Crippen LogP contribution in [0.1, 0.15) is 38.2 Å². The van der Waals surface area contributed by atoms with Gasteiger partial charge in [-0.25, -0.2) is 9.78 Å². The number of ether oxygens (including phenoxy) is 2. The molecular weight excluding hydrogens is 444 g/mol. The van der Waals surface area contributed by atoms with Gasteiger partial charge in [0.1, 0.15) is 11.6 Å². The molecule has 1 saturated heterocycles. The number of piperazine rings is 1. The third kappa shape index (κ3) is 6.63. The Labute approximate surface area is 207 Å². The van der Waals surface area contributed by atoms with E-state index in [1.165, 1.54) is 18.9 Å². The maximum absolute atomic E-state index is 11.8. The maximum atomic E-state index is 11.8. The van der Waals surface area contributed by atoms with E-state index in [-0.39, 0.29) is 5.97 Å². The van der Waals surface area contributed by atoms with Crippen molar-refractivity contribution >= 4 is 35.2 Å². The molecule has 2 aromatic rings. The molecule has 188 valence electrons. The summed E-state index contributed by atoms with van der Waals surface area (Å²) >= 11 is 0. The minimum Gasteiger partial charge on any atom is -0.494 e. The zero-order chi connectivity index (χ0) is 24.6. The molecule has 0 unspecified atom stereocenters. The first-order chi connectivity index (χ1) is 17.1. The Kier molecular flexibility index (Phi) is 8.41. The van der Waals surface area contributed by atoms with Crippen molar-refractivity contribution in [2.75, 3.05) is 62.5 Å². The van der Waals surface area contributed by atoms with Gasteiger partial charge in [-0.05, 0) is 45.0 Å². The Morgan fingerprint density at radius 3 is 2.69 bits per heavy atom. The summed E-state index contributed by atoms with van der Waals surface area (Å²) in [5.74, 6) is 1.51. The van der Waals surface area contributed by atoms with E-state index >= 15 is 0 Å². The van der Waals surface area contributed by atoms with Gasteiger partial charge < -0.3 is 29.9 Å². The van der Waals surface area contributed by atoms with Crippen LogP contribution in [0.15, 0.2) is 30.5 Å². The van der Waals surface area contributed by atoms with E-state index in [0.717, 1.165) is 61.7 Å². The molecule has 0 bridgehead atoms. The lowest BCUT2D eigenvalue weighted by Crippen LogP contribution is -2.44. The number of esters is 1. The number of carbonyl (C=O) groups excluding carboxylic acids is 1. The number of hydrogen-bond donors (Lipinski definition) is 2. The summed E-state index contributed by atoms with van der Waals surface area (Å²) in [5, 5.41) is 6.85. The summed E-state index contributed by atoms with van der Waals surface area (Å²) in [6, 6.07) is 6.53. The van der Waals surface area contributed by atoms with Gasteiger partial charge >= 0.3 is 5.97 Å². The zero-order valence-electron chi connectivity index (χ0n) is 20.9. The predicted molar refractivity (Wildman–Crippen MR) is 140 cm³/mol. The first kappa shape index (κ1) is 24.8. The molecule has 2 fully saturated rings. The molecule has 2 heterocycles. The van der Waals surface area contributed by atoms with Crippen LogP contribution < -0.4 is 20.3 Å². The van der Waals surface area contributed by atoms with Crippen LogP contribution in [-0.2, 0) is 9.53 Å². The molecule has 0 spiro atoms. The molecule has 1 saturated carbocycles. The summed E-state index contributed by atoms with van der Waals surface area (Å²) in [6.07, 6.45) is 9.45. The van der Waals surface area contributed by atoms with Crippen molar-refractivity contribution in [1.82, 2.24) is 14.9 Å². The summed E-state index contributed by atoms with van der Waals surface area (Å²) < 4.78 is 10.7. The summed E-state index contributed by atoms with van der Waals surface area (Å²) in [6.45, 7) is 6.20. The summed E-state index contributed by atoms with van der Waals surface area (Å²) in [5.41, 5.74) is 2.68.